The molecule has 0 radical (unpaired) electrons. The Labute approximate surface area is 137 Å². The molecule has 0 saturated heterocycles. The summed E-state index contributed by atoms with van der Waals surface area (Å²) >= 11 is 0. The molecule has 0 amide bonds. The van der Waals surface area contributed by atoms with Crippen molar-refractivity contribution in [2.24, 2.45) is 5.92 Å². The van der Waals surface area contributed by atoms with Gasteiger partial charge in [-0.05, 0) is 35.6 Å². The quantitative estimate of drug-likeness (QED) is 0.409. The topological polar surface area (TPSA) is 0 Å². The average molecular weight is 348 g/mol. The number of hydrogen-bond donors (Lipinski definition) is 0. The van der Waals surface area contributed by atoms with E-state index in [-0.39, 0.29) is 17.6 Å². The number of alkyl halides is 6. The lowest BCUT2D eigenvalue weighted by atomic mass is 9.93. The largest absolute Gasteiger partial charge is 0.415 e. The molecule has 1 aromatic carbocycles. The minimum absolute atomic E-state index is 0.175. The van der Waals surface area contributed by atoms with Crippen LogP contribution in [0.25, 0.3) is 5.57 Å². The lowest BCUT2D eigenvalue weighted by Gasteiger charge is -2.19. The van der Waals surface area contributed by atoms with Crippen molar-refractivity contribution in [1.29, 1.82) is 0 Å². The van der Waals surface area contributed by atoms with Crippen molar-refractivity contribution in [1.82, 2.24) is 0 Å². The molecule has 1 rings (SSSR count). The number of rotatable bonds is 5. The first-order chi connectivity index (χ1) is 11.0. The molecular formula is C18H18F6. The molecule has 6 heteroatoms. The van der Waals surface area contributed by atoms with Gasteiger partial charge < -0.3 is 0 Å². The van der Waals surface area contributed by atoms with E-state index in [2.05, 4.69) is 6.58 Å². The third-order valence-electron chi connectivity index (χ3n) is 3.58. The maximum absolute atomic E-state index is 13.3. The molecule has 1 atom stereocenters. The number of hydrogen-bond acceptors (Lipinski definition) is 0. The van der Waals surface area contributed by atoms with Crippen LogP contribution in [0.2, 0.25) is 0 Å². The van der Waals surface area contributed by atoms with Crippen LogP contribution in [-0.2, 0) is 0 Å². The van der Waals surface area contributed by atoms with Gasteiger partial charge in [-0.2, -0.15) is 26.3 Å². The Kier molecular flexibility index (Phi) is 6.46. The zero-order valence-electron chi connectivity index (χ0n) is 13.3. The fraction of sp³-hybridized carbons (Fsp3) is 0.333. The minimum atomic E-state index is -4.71. The van der Waals surface area contributed by atoms with Gasteiger partial charge in [-0.1, -0.05) is 50.8 Å². The summed E-state index contributed by atoms with van der Waals surface area (Å²) in [5.74, 6) is -0.837. The highest BCUT2D eigenvalue weighted by molar-refractivity contribution is 5.77. The maximum atomic E-state index is 13.3. The Morgan fingerprint density at radius 1 is 1.00 bits per heavy atom. The molecule has 0 aliphatic heterocycles. The summed E-state index contributed by atoms with van der Waals surface area (Å²) in [6, 6.07) is 7.63. The van der Waals surface area contributed by atoms with Crippen LogP contribution in [0.4, 0.5) is 26.3 Å². The third kappa shape index (κ3) is 5.58. The number of allylic oxidation sites excluding steroid dienone is 5. The molecule has 0 heterocycles. The zero-order valence-corrected chi connectivity index (χ0v) is 13.3. The van der Waals surface area contributed by atoms with E-state index in [1.54, 1.807) is 25.1 Å². The highest BCUT2D eigenvalue weighted by atomic mass is 19.4. The van der Waals surface area contributed by atoms with Crippen molar-refractivity contribution in [3.63, 3.8) is 0 Å². The summed E-state index contributed by atoms with van der Waals surface area (Å²) in [4.78, 5) is 0. The van der Waals surface area contributed by atoms with Gasteiger partial charge in [0.15, 0.2) is 0 Å². The second kappa shape index (κ2) is 7.73. The van der Waals surface area contributed by atoms with Gasteiger partial charge in [-0.3, -0.25) is 0 Å². The van der Waals surface area contributed by atoms with Gasteiger partial charge in [0.2, 0.25) is 0 Å². The highest BCUT2D eigenvalue weighted by Crippen LogP contribution is 2.36. The summed E-state index contributed by atoms with van der Waals surface area (Å²) in [5, 5.41) is 0. The Balaban J connectivity index is 3.51. The third-order valence-corrected chi connectivity index (χ3v) is 3.58. The Hall–Kier alpha value is -1.98. The fourth-order valence-electron chi connectivity index (χ4n) is 2.00. The van der Waals surface area contributed by atoms with Crippen molar-refractivity contribution in [2.45, 2.75) is 32.6 Å². The zero-order chi connectivity index (χ0) is 18.5. The molecule has 0 N–H and O–H groups in total. The number of benzene rings is 1. The van der Waals surface area contributed by atoms with Crippen molar-refractivity contribution in [3.8, 4) is 0 Å². The normalized spacial score (nSPS) is 15.3. The summed E-state index contributed by atoms with van der Waals surface area (Å²) in [7, 11) is 0. The highest BCUT2D eigenvalue weighted by Gasteiger charge is 2.37. The van der Waals surface area contributed by atoms with Crippen LogP contribution < -0.4 is 0 Å². The van der Waals surface area contributed by atoms with Crippen LogP contribution in [0.1, 0.15) is 25.8 Å². The molecule has 132 valence electrons. The van der Waals surface area contributed by atoms with Gasteiger partial charge >= 0.3 is 12.4 Å². The van der Waals surface area contributed by atoms with E-state index in [9.17, 15) is 26.3 Å². The van der Waals surface area contributed by atoms with Crippen LogP contribution in [0, 0.1) is 5.92 Å². The van der Waals surface area contributed by atoms with Gasteiger partial charge in [-0.15, -0.1) is 0 Å². The SMILES string of the molecule is C=C(/C=C(\C=C(/C(C)CC)C(F)(F)F)c1ccccc1)C(F)(F)F. The predicted octanol–water partition coefficient (Wildman–Crippen LogP) is 6.72. The van der Waals surface area contributed by atoms with E-state index < -0.39 is 29.4 Å². The first kappa shape index (κ1) is 20.1. The molecule has 0 spiro atoms. The van der Waals surface area contributed by atoms with Gasteiger partial charge in [0, 0.05) is 11.1 Å². The van der Waals surface area contributed by atoms with E-state index in [4.69, 9.17) is 0 Å². The van der Waals surface area contributed by atoms with Crippen molar-refractivity contribution in [2.75, 3.05) is 0 Å². The van der Waals surface area contributed by atoms with Crippen molar-refractivity contribution < 1.29 is 26.3 Å². The minimum Gasteiger partial charge on any atom is -0.166 e. The second-order valence-electron chi connectivity index (χ2n) is 5.40. The monoisotopic (exact) mass is 348 g/mol. The molecule has 0 aromatic heterocycles. The molecule has 0 nitrogen and oxygen atoms in total. The molecule has 0 bridgehead atoms. The van der Waals surface area contributed by atoms with E-state index in [1.807, 2.05) is 0 Å². The molecular weight excluding hydrogens is 330 g/mol. The standard InChI is InChI=1S/C18H18F6/c1-4-12(2)16(18(22,23)24)11-15(10-13(3)17(19,20)21)14-8-6-5-7-9-14/h5-12H,3-4H2,1-2H3/b15-10+,16-11+. The summed E-state index contributed by atoms with van der Waals surface area (Å²) in [5.41, 5.74) is -1.99. The summed E-state index contributed by atoms with van der Waals surface area (Å²) < 4.78 is 78.0. The molecule has 24 heavy (non-hydrogen) atoms. The lowest BCUT2D eigenvalue weighted by Crippen LogP contribution is -2.18. The first-order valence-electron chi connectivity index (χ1n) is 7.28. The first-order valence-corrected chi connectivity index (χ1v) is 7.28. The fourth-order valence-corrected chi connectivity index (χ4v) is 2.00. The van der Waals surface area contributed by atoms with Crippen LogP contribution >= 0.6 is 0 Å². The summed E-state index contributed by atoms with van der Waals surface area (Å²) in [6.07, 6.45) is -7.69. The van der Waals surface area contributed by atoms with E-state index in [0.717, 1.165) is 6.08 Å². The maximum Gasteiger partial charge on any atom is 0.415 e. The summed E-state index contributed by atoms with van der Waals surface area (Å²) in [6.45, 7) is 5.89. The van der Waals surface area contributed by atoms with E-state index >= 15 is 0 Å². The van der Waals surface area contributed by atoms with Crippen LogP contribution in [0.3, 0.4) is 0 Å². The van der Waals surface area contributed by atoms with Gasteiger partial charge in [-0.25, -0.2) is 0 Å². The molecule has 1 unspecified atom stereocenters. The second-order valence-corrected chi connectivity index (χ2v) is 5.40. The lowest BCUT2D eigenvalue weighted by molar-refractivity contribution is -0.0984. The smallest absolute Gasteiger partial charge is 0.166 e. The molecule has 0 aliphatic carbocycles. The Morgan fingerprint density at radius 2 is 1.54 bits per heavy atom. The average Bonchev–Trinajstić information content (AvgIpc) is 2.49. The van der Waals surface area contributed by atoms with Crippen LogP contribution in [-0.4, -0.2) is 12.4 Å². The molecule has 0 saturated carbocycles. The molecule has 0 aliphatic rings. The van der Waals surface area contributed by atoms with Gasteiger partial charge in [0.05, 0.1) is 0 Å². The van der Waals surface area contributed by atoms with E-state index in [0.29, 0.717) is 6.08 Å². The number of halogens is 6. The predicted molar refractivity (Wildman–Crippen MR) is 83.2 cm³/mol. The van der Waals surface area contributed by atoms with Crippen molar-refractivity contribution >= 4 is 5.57 Å². The van der Waals surface area contributed by atoms with Crippen molar-refractivity contribution in [3.05, 3.63) is 65.8 Å². The van der Waals surface area contributed by atoms with Gasteiger partial charge in [0.25, 0.3) is 0 Å². The van der Waals surface area contributed by atoms with Crippen LogP contribution in [0.15, 0.2) is 60.2 Å². The molecule has 1 aromatic rings. The molecule has 0 fully saturated rings. The Morgan fingerprint density at radius 3 is 1.96 bits per heavy atom. The van der Waals surface area contributed by atoms with E-state index in [1.165, 1.54) is 19.1 Å². The Bertz CT molecular complexity index is 617. The van der Waals surface area contributed by atoms with Gasteiger partial charge in [0.1, 0.15) is 0 Å². The van der Waals surface area contributed by atoms with Crippen LogP contribution in [0.5, 0.6) is 0 Å².